The first kappa shape index (κ1) is 14.7. The van der Waals surface area contributed by atoms with Gasteiger partial charge in [0.2, 0.25) is 0 Å². The Morgan fingerprint density at radius 1 is 1.40 bits per heavy atom. The average molecular weight is 276 g/mol. The van der Waals surface area contributed by atoms with Gasteiger partial charge >= 0.3 is 5.97 Å². The van der Waals surface area contributed by atoms with Crippen molar-refractivity contribution in [1.29, 1.82) is 0 Å². The lowest BCUT2D eigenvalue weighted by Crippen LogP contribution is -2.27. The fourth-order valence-electron chi connectivity index (χ4n) is 2.50. The van der Waals surface area contributed by atoms with Crippen LogP contribution in [0.15, 0.2) is 18.2 Å². The van der Waals surface area contributed by atoms with Crippen molar-refractivity contribution in [2.45, 2.75) is 39.0 Å². The quantitative estimate of drug-likeness (QED) is 0.891. The Labute approximate surface area is 120 Å². The maximum atomic E-state index is 10.8. The van der Waals surface area contributed by atoms with Gasteiger partial charge in [-0.1, -0.05) is 26.8 Å². The van der Waals surface area contributed by atoms with E-state index in [4.69, 9.17) is 5.11 Å². The fourth-order valence-corrected chi connectivity index (χ4v) is 2.50. The SMILES string of the molecule is CC(C)(C)c1ccc2c(c1)NCCCN2CCC(=O)O. The van der Waals surface area contributed by atoms with Crippen LogP contribution in [0.5, 0.6) is 0 Å². The molecule has 110 valence electrons. The van der Waals surface area contributed by atoms with E-state index in [0.29, 0.717) is 6.54 Å². The summed E-state index contributed by atoms with van der Waals surface area (Å²) in [6.07, 6.45) is 1.21. The second kappa shape index (κ2) is 5.73. The lowest BCUT2D eigenvalue weighted by molar-refractivity contribution is -0.136. The van der Waals surface area contributed by atoms with E-state index in [2.05, 4.69) is 49.2 Å². The third-order valence-corrected chi connectivity index (χ3v) is 3.72. The Bertz CT molecular complexity index is 492. The molecule has 4 nitrogen and oxygen atoms in total. The molecule has 0 atom stereocenters. The lowest BCUT2D eigenvalue weighted by Gasteiger charge is -2.26. The predicted octanol–water partition coefficient (Wildman–Crippen LogP) is 3.08. The summed E-state index contributed by atoms with van der Waals surface area (Å²) in [5, 5.41) is 12.3. The molecule has 4 heteroatoms. The molecular formula is C16H24N2O2. The normalized spacial score (nSPS) is 15.2. The molecule has 0 aliphatic carbocycles. The number of carbonyl (C=O) groups is 1. The van der Waals surface area contributed by atoms with Crippen LogP contribution in [0, 0.1) is 0 Å². The van der Waals surface area contributed by atoms with Crippen molar-refractivity contribution in [3.05, 3.63) is 23.8 Å². The van der Waals surface area contributed by atoms with Gasteiger partial charge in [-0.15, -0.1) is 0 Å². The molecule has 0 radical (unpaired) electrons. The Morgan fingerprint density at radius 3 is 2.80 bits per heavy atom. The number of benzene rings is 1. The van der Waals surface area contributed by atoms with E-state index in [1.54, 1.807) is 0 Å². The summed E-state index contributed by atoms with van der Waals surface area (Å²) < 4.78 is 0. The summed E-state index contributed by atoms with van der Waals surface area (Å²) >= 11 is 0. The smallest absolute Gasteiger partial charge is 0.305 e. The maximum absolute atomic E-state index is 10.8. The van der Waals surface area contributed by atoms with Gasteiger partial charge in [-0.25, -0.2) is 0 Å². The number of fused-ring (bicyclic) bond motifs is 1. The molecule has 0 aromatic heterocycles. The van der Waals surface area contributed by atoms with Gasteiger partial charge < -0.3 is 15.3 Å². The van der Waals surface area contributed by atoms with Crippen molar-refractivity contribution in [3.8, 4) is 0 Å². The molecule has 1 aromatic rings. The molecule has 0 bridgehead atoms. The zero-order valence-corrected chi connectivity index (χ0v) is 12.6. The van der Waals surface area contributed by atoms with Crippen molar-refractivity contribution in [1.82, 2.24) is 0 Å². The fraction of sp³-hybridized carbons (Fsp3) is 0.562. The molecule has 0 saturated heterocycles. The van der Waals surface area contributed by atoms with Crippen molar-refractivity contribution in [2.75, 3.05) is 29.9 Å². The largest absolute Gasteiger partial charge is 0.481 e. The Morgan fingerprint density at radius 2 is 2.15 bits per heavy atom. The summed E-state index contributed by atoms with van der Waals surface area (Å²) in [4.78, 5) is 13.0. The summed E-state index contributed by atoms with van der Waals surface area (Å²) in [5.41, 5.74) is 3.66. The van der Waals surface area contributed by atoms with Crippen molar-refractivity contribution in [3.63, 3.8) is 0 Å². The zero-order chi connectivity index (χ0) is 14.8. The van der Waals surface area contributed by atoms with Crippen LogP contribution in [0.25, 0.3) is 0 Å². The first-order valence-electron chi connectivity index (χ1n) is 7.23. The molecule has 1 aliphatic rings. The van der Waals surface area contributed by atoms with Gasteiger partial charge in [0.25, 0.3) is 0 Å². The first-order chi connectivity index (χ1) is 9.38. The molecule has 20 heavy (non-hydrogen) atoms. The average Bonchev–Trinajstić information content (AvgIpc) is 2.56. The third-order valence-electron chi connectivity index (χ3n) is 3.72. The highest BCUT2D eigenvalue weighted by molar-refractivity contribution is 5.73. The van der Waals surface area contributed by atoms with E-state index in [1.165, 1.54) is 5.56 Å². The lowest BCUT2D eigenvalue weighted by atomic mass is 9.86. The van der Waals surface area contributed by atoms with E-state index >= 15 is 0 Å². The number of carboxylic acid groups (broad SMARTS) is 1. The van der Waals surface area contributed by atoms with E-state index < -0.39 is 5.97 Å². The summed E-state index contributed by atoms with van der Waals surface area (Å²) in [7, 11) is 0. The van der Waals surface area contributed by atoms with Crippen molar-refractivity contribution >= 4 is 17.3 Å². The number of hydrogen-bond donors (Lipinski definition) is 2. The monoisotopic (exact) mass is 276 g/mol. The summed E-state index contributed by atoms with van der Waals surface area (Å²) in [6, 6.07) is 6.48. The van der Waals surface area contributed by atoms with E-state index in [1.807, 2.05) is 0 Å². The Kier molecular flexibility index (Phi) is 4.21. The van der Waals surface area contributed by atoms with Gasteiger partial charge in [0.15, 0.2) is 0 Å². The Balaban J connectivity index is 2.28. The van der Waals surface area contributed by atoms with Gasteiger partial charge in [0, 0.05) is 19.6 Å². The highest BCUT2D eigenvalue weighted by Gasteiger charge is 2.19. The number of carboxylic acids is 1. The first-order valence-corrected chi connectivity index (χ1v) is 7.23. The van der Waals surface area contributed by atoms with E-state index in [9.17, 15) is 4.79 Å². The number of nitrogens with zero attached hydrogens (tertiary/aromatic N) is 1. The third kappa shape index (κ3) is 3.44. The number of rotatable bonds is 3. The molecule has 2 rings (SSSR count). The molecule has 2 N–H and O–H groups in total. The van der Waals surface area contributed by atoms with Crippen LogP contribution >= 0.6 is 0 Å². The summed E-state index contributed by atoms with van der Waals surface area (Å²) in [5.74, 6) is -0.741. The molecule has 1 heterocycles. The van der Waals surface area contributed by atoms with Crippen LogP contribution in [-0.4, -0.2) is 30.7 Å². The molecular weight excluding hydrogens is 252 g/mol. The maximum Gasteiger partial charge on any atom is 0.305 e. The van der Waals surface area contributed by atoms with Crippen LogP contribution < -0.4 is 10.2 Å². The molecule has 0 amide bonds. The van der Waals surface area contributed by atoms with E-state index in [0.717, 1.165) is 30.9 Å². The second-order valence-electron chi connectivity index (χ2n) is 6.39. The van der Waals surface area contributed by atoms with Crippen LogP contribution in [0.2, 0.25) is 0 Å². The molecule has 1 aliphatic heterocycles. The standard InChI is InChI=1S/C16H24N2O2/c1-16(2,3)12-5-6-14-13(11-12)17-8-4-9-18(14)10-7-15(19)20/h5-6,11,17H,4,7-10H2,1-3H3,(H,19,20). The number of nitrogens with one attached hydrogen (secondary N) is 1. The van der Waals surface area contributed by atoms with Crippen molar-refractivity contribution in [2.24, 2.45) is 0 Å². The Hall–Kier alpha value is -1.71. The number of anilines is 2. The number of aliphatic carboxylic acids is 1. The molecule has 0 spiro atoms. The zero-order valence-electron chi connectivity index (χ0n) is 12.6. The summed E-state index contributed by atoms with van der Waals surface area (Å²) in [6.45, 7) is 9.01. The van der Waals surface area contributed by atoms with E-state index in [-0.39, 0.29) is 11.8 Å². The van der Waals surface area contributed by atoms with Crippen molar-refractivity contribution < 1.29 is 9.90 Å². The van der Waals surface area contributed by atoms with Crippen LogP contribution in [0.4, 0.5) is 11.4 Å². The molecule has 0 fully saturated rings. The molecule has 1 aromatic carbocycles. The molecule has 0 saturated carbocycles. The van der Waals surface area contributed by atoms with Gasteiger partial charge in [-0.2, -0.15) is 0 Å². The molecule has 0 unspecified atom stereocenters. The number of hydrogen-bond acceptors (Lipinski definition) is 3. The van der Waals surface area contributed by atoms with Crippen LogP contribution in [0.1, 0.15) is 39.2 Å². The minimum atomic E-state index is -0.741. The van der Waals surface area contributed by atoms with Gasteiger partial charge in [-0.3, -0.25) is 4.79 Å². The second-order valence-corrected chi connectivity index (χ2v) is 6.39. The van der Waals surface area contributed by atoms with Crippen LogP contribution in [-0.2, 0) is 10.2 Å². The van der Waals surface area contributed by atoms with Crippen LogP contribution in [0.3, 0.4) is 0 Å². The van der Waals surface area contributed by atoms with Gasteiger partial charge in [-0.05, 0) is 29.5 Å². The van der Waals surface area contributed by atoms with Gasteiger partial charge in [0.1, 0.15) is 0 Å². The van der Waals surface area contributed by atoms with Gasteiger partial charge in [0.05, 0.1) is 17.8 Å². The minimum absolute atomic E-state index is 0.120. The highest BCUT2D eigenvalue weighted by Crippen LogP contribution is 2.33. The highest BCUT2D eigenvalue weighted by atomic mass is 16.4. The topological polar surface area (TPSA) is 52.6 Å². The predicted molar refractivity (Wildman–Crippen MR) is 82.7 cm³/mol. The minimum Gasteiger partial charge on any atom is -0.481 e.